The fraction of sp³-hybridized carbons (Fsp3) is 0.529. The van der Waals surface area contributed by atoms with E-state index in [0.717, 1.165) is 50.9 Å². The van der Waals surface area contributed by atoms with Crippen LogP contribution in [0.25, 0.3) is 28.1 Å². The molecule has 0 N–H and O–H groups in total. The maximum absolute atomic E-state index is 9.36. The number of aromatic nitrogens is 5. The van der Waals surface area contributed by atoms with Crippen LogP contribution in [0, 0.1) is 0 Å². The average Bonchev–Trinajstić information content (AvgIpc) is 3.13. The van der Waals surface area contributed by atoms with Gasteiger partial charge >= 0.3 is 0 Å². The lowest BCUT2D eigenvalue weighted by molar-refractivity contribution is -0.654. The first-order valence-electron chi connectivity index (χ1n) is 15.1. The minimum Gasteiger partial charge on any atom is -0.229 e. The molecular formula is C34H48N5+. The summed E-state index contributed by atoms with van der Waals surface area (Å²) in [5.41, 5.74) is 5.03. The molecule has 39 heavy (non-hydrogen) atoms. The van der Waals surface area contributed by atoms with E-state index in [4.69, 9.17) is 15.0 Å². The Morgan fingerprint density at radius 3 is 1.69 bits per heavy atom. The number of fused-ring (bicyclic) bond motifs is 1. The third kappa shape index (κ3) is 5.37. The van der Waals surface area contributed by atoms with Gasteiger partial charge in [-0.05, 0) is 36.1 Å². The van der Waals surface area contributed by atoms with Crippen LogP contribution >= 0.6 is 0 Å². The summed E-state index contributed by atoms with van der Waals surface area (Å²) in [6, 6.07) is 12.5. The van der Waals surface area contributed by atoms with Crippen molar-refractivity contribution in [3.8, 4) is 17.1 Å². The van der Waals surface area contributed by atoms with Gasteiger partial charge in [-0.25, -0.2) is 19.5 Å². The van der Waals surface area contributed by atoms with Crippen LogP contribution in [0.5, 0.6) is 0 Å². The summed E-state index contributed by atoms with van der Waals surface area (Å²) >= 11 is 0. The van der Waals surface area contributed by atoms with Crippen LogP contribution in [0.1, 0.15) is 132 Å². The van der Waals surface area contributed by atoms with Crippen LogP contribution < -0.4 is 4.57 Å². The Balaban J connectivity index is 2.21. The van der Waals surface area contributed by atoms with Crippen molar-refractivity contribution in [2.24, 2.45) is 7.05 Å². The third-order valence-electron chi connectivity index (χ3n) is 7.22. The molecule has 5 heteroatoms. The molecule has 0 aliphatic rings. The van der Waals surface area contributed by atoms with Gasteiger partial charge < -0.3 is 0 Å². The molecule has 0 bridgehead atoms. The summed E-state index contributed by atoms with van der Waals surface area (Å²) in [5, 5.41) is 0. The van der Waals surface area contributed by atoms with Gasteiger partial charge in [-0.2, -0.15) is 4.57 Å². The molecule has 208 valence electrons. The zero-order valence-electron chi connectivity index (χ0n) is 28.3. The molecule has 2 aromatic carbocycles. The largest absolute Gasteiger partial charge is 0.265 e. The van der Waals surface area contributed by atoms with Crippen LogP contribution in [0.15, 0.2) is 36.4 Å². The molecule has 2 heterocycles. The molecule has 0 saturated heterocycles. The van der Waals surface area contributed by atoms with E-state index in [1.807, 2.05) is 27.7 Å². The first kappa shape index (κ1) is 26.2. The second-order valence-electron chi connectivity index (χ2n) is 13.6. The van der Waals surface area contributed by atoms with E-state index in [9.17, 15) is 2.74 Å². The first-order valence-corrected chi connectivity index (χ1v) is 14.1. The molecule has 0 aliphatic carbocycles. The van der Waals surface area contributed by atoms with Gasteiger partial charge in [0.25, 0.3) is 5.82 Å². The number of hydrogen-bond donors (Lipinski definition) is 0. The number of para-hydroxylation sites is 2. The topological polar surface area (TPSA) is 47.5 Å². The van der Waals surface area contributed by atoms with Crippen molar-refractivity contribution in [3.63, 3.8) is 0 Å². The van der Waals surface area contributed by atoms with E-state index < -0.39 is 11.8 Å². The van der Waals surface area contributed by atoms with Crippen molar-refractivity contribution in [3.05, 3.63) is 65.0 Å². The third-order valence-corrected chi connectivity index (χ3v) is 7.22. The van der Waals surface area contributed by atoms with Gasteiger partial charge in [0.2, 0.25) is 0 Å². The highest BCUT2D eigenvalue weighted by Crippen LogP contribution is 2.39. The average molecular weight is 529 g/mol. The second-order valence-corrected chi connectivity index (χ2v) is 13.6. The highest BCUT2D eigenvalue weighted by Gasteiger charge is 2.32. The number of benzene rings is 2. The summed E-state index contributed by atoms with van der Waals surface area (Å²) in [5.74, 6) is 1.47. The highest BCUT2D eigenvalue weighted by molar-refractivity contribution is 5.77. The van der Waals surface area contributed by atoms with Crippen molar-refractivity contribution < 1.29 is 7.31 Å². The summed E-state index contributed by atoms with van der Waals surface area (Å²) in [7, 11) is 2.10. The number of nitrogens with zero attached hydrogens (tertiary/aromatic N) is 5. The van der Waals surface area contributed by atoms with E-state index >= 15 is 0 Å². The van der Waals surface area contributed by atoms with Crippen molar-refractivity contribution in [2.75, 3.05) is 0 Å². The zero-order chi connectivity index (χ0) is 30.9. The zero-order valence-corrected chi connectivity index (χ0v) is 26.3. The monoisotopic (exact) mass is 528 g/mol. The summed E-state index contributed by atoms with van der Waals surface area (Å²) in [6.07, 6.45) is 0. The Labute approximate surface area is 238 Å². The number of aryl methyl sites for hydroxylation is 1. The molecule has 0 fully saturated rings. The molecule has 4 rings (SSSR count). The standard InChI is InChI=1S/C34H48N5/c1-20(2)24-18-23(29-35-31(33(7,8)9)37-32(36-29)34(10,11)12)19-25(21(3)4)28(24)39-27-17-15-14-16-26(27)38(13)30(39)22(5)6/h14-22H,1-13H3/q+1/i20D,21D. The van der Waals surface area contributed by atoms with Crippen molar-refractivity contribution in [1.82, 2.24) is 19.5 Å². The van der Waals surface area contributed by atoms with Crippen LogP contribution in [0.4, 0.5) is 0 Å². The SMILES string of the molecule is [2H]C(C)(C)c1cc(-c2nc(C(C)(C)C)nc(C(C)(C)C)n2)cc(C([2H])(C)C)c1-n1c(C(C)C)[n+](C)c2ccccc21. The van der Waals surface area contributed by atoms with Gasteiger partial charge in [0.05, 0.1) is 13.0 Å². The molecule has 0 amide bonds. The molecule has 0 unspecified atom stereocenters. The minimum absolute atomic E-state index is 0.211. The van der Waals surface area contributed by atoms with E-state index in [2.05, 4.69) is 108 Å². The lowest BCUT2D eigenvalue weighted by Gasteiger charge is -2.24. The number of hydrogen-bond acceptors (Lipinski definition) is 3. The second kappa shape index (κ2) is 10.1. The molecular weight excluding hydrogens is 478 g/mol. The Bertz CT molecular complexity index is 1540. The Kier molecular flexibility index (Phi) is 6.81. The predicted octanol–water partition coefficient (Wildman–Crippen LogP) is 8.27. The maximum atomic E-state index is 9.36. The molecule has 2 aromatic heterocycles. The van der Waals surface area contributed by atoms with E-state index in [1.165, 1.54) is 0 Å². The van der Waals surface area contributed by atoms with Gasteiger partial charge in [0.1, 0.15) is 17.3 Å². The summed E-state index contributed by atoms with van der Waals surface area (Å²) < 4.78 is 23.3. The molecule has 0 spiro atoms. The first-order chi connectivity index (χ1) is 18.6. The molecule has 0 aliphatic heterocycles. The minimum atomic E-state index is -0.962. The van der Waals surface area contributed by atoms with Gasteiger partial charge in [-0.15, -0.1) is 0 Å². The van der Waals surface area contributed by atoms with Crippen LogP contribution in [0.2, 0.25) is 0 Å². The van der Waals surface area contributed by atoms with Crippen LogP contribution in [-0.4, -0.2) is 19.5 Å². The lowest BCUT2D eigenvalue weighted by atomic mass is 9.89. The van der Waals surface area contributed by atoms with Gasteiger partial charge in [-0.1, -0.05) is 95.2 Å². The molecule has 0 radical (unpaired) electrons. The Morgan fingerprint density at radius 1 is 0.769 bits per heavy atom. The lowest BCUT2D eigenvalue weighted by Crippen LogP contribution is -2.34. The molecule has 0 atom stereocenters. The van der Waals surface area contributed by atoms with Crippen LogP contribution in [-0.2, 0) is 17.9 Å². The summed E-state index contributed by atoms with van der Waals surface area (Å²) in [6.45, 7) is 24.8. The van der Waals surface area contributed by atoms with Gasteiger partial charge in [0.15, 0.2) is 16.9 Å². The Hall–Kier alpha value is -3.08. The predicted molar refractivity (Wildman–Crippen MR) is 163 cm³/mol. The van der Waals surface area contributed by atoms with Crippen molar-refractivity contribution >= 4 is 11.0 Å². The molecule has 0 saturated carbocycles. The van der Waals surface area contributed by atoms with Crippen LogP contribution in [0.3, 0.4) is 0 Å². The van der Waals surface area contributed by atoms with Crippen molar-refractivity contribution in [2.45, 2.75) is 112 Å². The van der Waals surface area contributed by atoms with Crippen molar-refractivity contribution in [1.29, 1.82) is 0 Å². The van der Waals surface area contributed by atoms with Gasteiger partial charge in [0, 0.05) is 30.3 Å². The molecule has 5 nitrogen and oxygen atoms in total. The normalized spacial score (nSPS) is 14.2. The summed E-state index contributed by atoms with van der Waals surface area (Å²) in [4.78, 5) is 14.8. The Morgan fingerprint density at radius 2 is 1.26 bits per heavy atom. The maximum Gasteiger partial charge on any atom is 0.265 e. The number of imidazole rings is 1. The number of rotatable bonds is 5. The highest BCUT2D eigenvalue weighted by atomic mass is 15.2. The fourth-order valence-electron chi connectivity index (χ4n) is 5.16. The quantitative estimate of drug-likeness (QED) is 0.245. The smallest absolute Gasteiger partial charge is 0.229 e. The fourth-order valence-corrected chi connectivity index (χ4v) is 5.16. The van der Waals surface area contributed by atoms with E-state index in [-0.39, 0.29) is 16.7 Å². The van der Waals surface area contributed by atoms with E-state index in [0.29, 0.717) is 5.82 Å². The van der Waals surface area contributed by atoms with Gasteiger partial charge in [-0.3, -0.25) is 0 Å². The van der Waals surface area contributed by atoms with E-state index in [1.54, 1.807) is 0 Å². The molecule has 4 aromatic rings.